The van der Waals surface area contributed by atoms with Crippen LogP contribution >= 0.6 is 0 Å². The normalized spacial score (nSPS) is 12.7. The SMILES string of the molecule is CC(C)(C)CC(=O)NC(Cc1ccccc1)c1nc(-c2ccco2)no1. The van der Waals surface area contributed by atoms with E-state index in [4.69, 9.17) is 8.94 Å². The Balaban J connectivity index is 1.81. The average molecular weight is 353 g/mol. The van der Waals surface area contributed by atoms with Crippen LogP contribution in [0.4, 0.5) is 0 Å². The van der Waals surface area contributed by atoms with Gasteiger partial charge in [-0.1, -0.05) is 56.3 Å². The van der Waals surface area contributed by atoms with Crippen molar-refractivity contribution >= 4 is 5.91 Å². The summed E-state index contributed by atoms with van der Waals surface area (Å²) in [5.41, 5.74) is 0.974. The second-order valence-corrected chi connectivity index (χ2v) is 7.48. The molecule has 1 aromatic carbocycles. The summed E-state index contributed by atoms with van der Waals surface area (Å²) in [7, 11) is 0. The summed E-state index contributed by atoms with van der Waals surface area (Å²) in [4.78, 5) is 16.9. The third kappa shape index (κ3) is 4.81. The number of benzene rings is 1. The Morgan fingerprint density at radius 1 is 1.15 bits per heavy atom. The van der Waals surface area contributed by atoms with Crippen molar-refractivity contribution in [3.05, 3.63) is 60.2 Å². The van der Waals surface area contributed by atoms with Crippen LogP contribution in [0.3, 0.4) is 0 Å². The summed E-state index contributed by atoms with van der Waals surface area (Å²) in [5, 5.41) is 7.00. The first-order chi connectivity index (χ1) is 12.4. The fourth-order valence-corrected chi connectivity index (χ4v) is 2.66. The van der Waals surface area contributed by atoms with Crippen molar-refractivity contribution in [2.75, 3.05) is 0 Å². The zero-order chi connectivity index (χ0) is 18.6. The molecule has 6 nitrogen and oxygen atoms in total. The summed E-state index contributed by atoms with van der Waals surface area (Å²) in [5.74, 6) is 1.21. The summed E-state index contributed by atoms with van der Waals surface area (Å²) in [6.45, 7) is 6.08. The Labute approximate surface area is 152 Å². The van der Waals surface area contributed by atoms with E-state index in [0.29, 0.717) is 30.3 Å². The number of aromatic nitrogens is 2. The monoisotopic (exact) mass is 353 g/mol. The van der Waals surface area contributed by atoms with E-state index >= 15 is 0 Å². The first-order valence-corrected chi connectivity index (χ1v) is 8.61. The summed E-state index contributed by atoms with van der Waals surface area (Å²) < 4.78 is 10.7. The van der Waals surface area contributed by atoms with Gasteiger partial charge in [-0.3, -0.25) is 4.79 Å². The number of furan rings is 1. The van der Waals surface area contributed by atoms with Gasteiger partial charge in [0, 0.05) is 12.8 Å². The molecule has 2 heterocycles. The van der Waals surface area contributed by atoms with E-state index < -0.39 is 6.04 Å². The molecule has 0 radical (unpaired) electrons. The van der Waals surface area contributed by atoms with Crippen molar-refractivity contribution in [3.63, 3.8) is 0 Å². The number of rotatable bonds is 6. The molecule has 0 aliphatic carbocycles. The van der Waals surface area contributed by atoms with Gasteiger partial charge in [-0.15, -0.1) is 0 Å². The molecule has 1 amide bonds. The lowest BCUT2D eigenvalue weighted by Gasteiger charge is -2.20. The number of nitrogens with zero attached hydrogens (tertiary/aromatic N) is 2. The fraction of sp³-hybridized carbons (Fsp3) is 0.350. The van der Waals surface area contributed by atoms with Crippen molar-refractivity contribution in [2.24, 2.45) is 5.41 Å². The van der Waals surface area contributed by atoms with Crippen LogP contribution in [-0.2, 0) is 11.2 Å². The zero-order valence-corrected chi connectivity index (χ0v) is 15.2. The lowest BCUT2D eigenvalue weighted by atomic mass is 9.91. The molecule has 1 N–H and O–H groups in total. The minimum absolute atomic E-state index is 0.0452. The number of hydrogen-bond acceptors (Lipinski definition) is 5. The van der Waals surface area contributed by atoms with Crippen LogP contribution in [0.25, 0.3) is 11.6 Å². The highest BCUT2D eigenvalue weighted by Gasteiger charge is 2.25. The molecule has 26 heavy (non-hydrogen) atoms. The first kappa shape index (κ1) is 17.9. The van der Waals surface area contributed by atoms with Crippen LogP contribution in [0, 0.1) is 5.41 Å². The third-order valence-electron chi connectivity index (χ3n) is 3.79. The van der Waals surface area contributed by atoms with Gasteiger partial charge in [-0.25, -0.2) is 0 Å². The number of hydrogen-bond donors (Lipinski definition) is 1. The lowest BCUT2D eigenvalue weighted by Crippen LogP contribution is -2.32. The lowest BCUT2D eigenvalue weighted by molar-refractivity contribution is -0.123. The maximum absolute atomic E-state index is 12.4. The van der Waals surface area contributed by atoms with E-state index in [9.17, 15) is 4.79 Å². The van der Waals surface area contributed by atoms with Gasteiger partial charge in [0.25, 0.3) is 0 Å². The van der Waals surface area contributed by atoms with Crippen LogP contribution in [0.1, 0.15) is 44.7 Å². The molecule has 0 saturated heterocycles. The second-order valence-electron chi connectivity index (χ2n) is 7.48. The molecule has 6 heteroatoms. The molecule has 1 atom stereocenters. The smallest absolute Gasteiger partial charge is 0.249 e. The number of amides is 1. The van der Waals surface area contributed by atoms with Gasteiger partial charge in [0.1, 0.15) is 6.04 Å². The highest BCUT2D eigenvalue weighted by molar-refractivity contribution is 5.77. The summed E-state index contributed by atoms with van der Waals surface area (Å²) in [6, 6.07) is 13.0. The highest BCUT2D eigenvalue weighted by Crippen LogP contribution is 2.23. The van der Waals surface area contributed by atoms with E-state index in [-0.39, 0.29) is 11.3 Å². The van der Waals surface area contributed by atoms with Gasteiger partial charge >= 0.3 is 0 Å². The molecule has 2 aromatic heterocycles. The van der Waals surface area contributed by atoms with Crippen molar-refractivity contribution in [3.8, 4) is 11.6 Å². The third-order valence-corrected chi connectivity index (χ3v) is 3.79. The maximum Gasteiger partial charge on any atom is 0.249 e. The molecule has 3 rings (SSSR count). The van der Waals surface area contributed by atoms with Crippen LogP contribution in [-0.4, -0.2) is 16.0 Å². The van der Waals surface area contributed by atoms with E-state index in [1.54, 1.807) is 18.4 Å². The van der Waals surface area contributed by atoms with Crippen molar-refractivity contribution in [2.45, 2.75) is 39.7 Å². The Hall–Kier alpha value is -2.89. The minimum atomic E-state index is -0.400. The van der Waals surface area contributed by atoms with Crippen LogP contribution in [0.15, 0.2) is 57.7 Å². The zero-order valence-electron chi connectivity index (χ0n) is 15.2. The summed E-state index contributed by atoms with van der Waals surface area (Å²) >= 11 is 0. The van der Waals surface area contributed by atoms with Gasteiger partial charge in [-0.2, -0.15) is 4.98 Å². The van der Waals surface area contributed by atoms with Gasteiger partial charge in [0.15, 0.2) is 5.76 Å². The van der Waals surface area contributed by atoms with Crippen molar-refractivity contribution in [1.82, 2.24) is 15.5 Å². The fourth-order valence-electron chi connectivity index (χ4n) is 2.66. The predicted octanol–water partition coefficient (Wildman–Crippen LogP) is 4.17. The minimum Gasteiger partial charge on any atom is -0.461 e. The Morgan fingerprint density at radius 2 is 1.92 bits per heavy atom. The molecule has 3 aromatic rings. The molecule has 0 fully saturated rings. The molecule has 0 aliphatic heterocycles. The number of carbonyl (C=O) groups excluding carboxylic acids is 1. The van der Waals surface area contributed by atoms with Gasteiger partial charge in [0.2, 0.25) is 17.6 Å². The molecule has 0 spiro atoms. The largest absolute Gasteiger partial charge is 0.461 e. The summed E-state index contributed by atoms with van der Waals surface area (Å²) in [6.07, 6.45) is 2.53. The molecule has 0 saturated carbocycles. The average Bonchev–Trinajstić information content (AvgIpc) is 3.25. The Bertz CT molecular complexity index is 833. The van der Waals surface area contributed by atoms with Crippen molar-refractivity contribution < 1.29 is 13.7 Å². The Morgan fingerprint density at radius 3 is 2.58 bits per heavy atom. The standard InChI is InChI=1S/C20H23N3O3/c1-20(2,3)13-17(24)21-15(12-14-8-5-4-6-9-14)19-22-18(23-26-19)16-10-7-11-25-16/h4-11,15H,12-13H2,1-3H3,(H,21,24). The first-order valence-electron chi connectivity index (χ1n) is 8.61. The Kier molecular flexibility index (Phi) is 5.21. The van der Waals surface area contributed by atoms with Crippen LogP contribution in [0.2, 0.25) is 0 Å². The molecule has 136 valence electrons. The van der Waals surface area contributed by atoms with E-state index in [2.05, 4.69) is 15.5 Å². The quantitative estimate of drug-likeness (QED) is 0.719. The van der Waals surface area contributed by atoms with E-state index in [1.807, 2.05) is 51.1 Å². The van der Waals surface area contributed by atoms with E-state index in [0.717, 1.165) is 5.56 Å². The van der Waals surface area contributed by atoms with Crippen LogP contribution in [0.5, 0.6) is 0 Å². The molecule has 0 aliphatic rings. The number of nitrogens with one attached hydrogen (secondary N) is 1. The van der Waals surface area contributed by atoms with Crippen LogP contribution < -0.4 is 5.32 Å². The van der Waals surface area contributed by atoms with E-state index in [1.165, 1.54) is 0 Å². The predicted molar refractivity (Wildman–Crippen MR) is 97.1 cm³/mol. The highest BCUT2D eigenvalue weighted by atomic mass is 16.5. The molecular weight excluding hydrogens is 330 g/mol. The van der Waals surface area contributed by atoms with Gasteiger partial charge in [-0.05, 0) is 23.1 Å². The maximum atomic E-state index is 12.4. The molecule has 1 unspecified atom stereocenters. The van der Waals surface area contributed by atoms with Gasteiger partial charge < -0.3 is 14.3 Å². The van der Waals surface area contributed by atoms with Crippen molar-refractivity contribution in [1.29, 1.82) is 0 Å². The topological polar surface area (TPSA) is 81.2 Å². The molecule has 0 bridgehead atoms. The molecular formula is C20H23N3O3. The van der Waals surface area contributed by atoms with Gasteiger partial charge in [0.05, 0.1) is 6.26 Å². The second kappa shape index (κ2) is 7.56. The number of carbonyl (C=O) groups is 1.